The first-order valence-corrected chi connectivity index (χ1v) is 7.62. The molecule has 2 rings (SSSR count). The SMILES string of the molecule is CC(C)c1nsc(COC(=O)C=Cc2ccc(Cl)cc2)n1. The van der Waals surface area contributed by atoms with Gasteiger partial charge >= 0.3 is 5.97 Å². The minimum Gasteiger partial charge on any atom is -0.455 e. The van der Waals surface area contributed by atoms with E-state index in [1.807, 2.05) is 26.0 Å². The highest BCUT2D eigenvalue weighted by molar-refractivity contribution is 7.05. The Morgan fingerprint density at radius 1 is 1.38 bits per heavy atom. The first kappa shape index (κ1) is 15.7. The van der Waals surface area contributed by atoms with Gasteiger partial charge in [0.05, 0.1) is 0 Å². The molecule has 0 saturated carbocycles. The third kappa shape index (κ3) is 4.95. The second kappa shape index (κ2) is 7.33. The Kier molecular flexibility index (Phi) is 5.47. The predicted octanol–water partition coefficient (Wildman–Crippen LogP) is 4.07. The van der Waals surface area contributed by atoms with Gasteiger partial charge in [-0.05, 0) is 35.3 Å². The van der Waals surface area contributed by atoms with Crippen LogP contribution in [-0.2, 0) is 16.1 Å². The number of benzene rings is 1. The van der Waals surface area contributed by atoms with Crippen molar-refractivity contribution in [2.45, 2.75) is 26.4 Å². The summed E-state index contributed by atoms with van der Waals surface area (Å²) in [5.41, 5.74) is 0.884. The van der Waals surface area contributed by atoms with E-state index in [-0.39, 0.29) is 12.5 Å². The topological polar surface area (TPSA) is 52.1 Å². The number of aromatic nitrogens is 2. The molecule has 0 atom stereocenters. The van der Waals surface area contributed by atoms with Crippen molar-refractivity contribution >= 4 is 35.2 Å². The Bertz CT molecular complexity index is 635. The van der Waals surface area contributed by atoms with Gasteiger partial charge in [0.15, 0.2) is 5.01 Å². The minimum absolute atomic E-state index is 0.147. The molecule has 2 aromatic rings. The van der Waals surface area contributed by atoms with E-state index in [1.165, 1.54) is 17.6 Å². The van der Waals surface area contributed by atoms with Gasteiger partial charge in [-0.1, -0.05) is 37.6 Å². The van der Waals surface area contributed by atoms with E-state index in [1.54, 1.807) is 18.2 Å². The summed E-state index contributed by atoms with van der Waals surface area (Å²) in [6.07, 6.45) is 3.06. The highest BCUT2D eigenvalue weighted by Crippen LogP contribution is 2.14. The molecule has 110 valence electrons. The number of carbonyl (C=O) groups is 1. The number of ether oxygens (including phenoxy) is 1. The van der Waals surface area contributed by atoms with Crippen LogP contribution in [0, 0.1) is 0 Å². The minimum atomic E-state index is -0.411. The molecule has 0 unspecified atom stereocenters. The van der Waals surface area contributed by atoms with Crippen molar-refractivity contribution in [3.8, 4) is 0 Å². The Hall–Kier alpha value is -1.72. The van der Waals surface area contributed by atoms with E-state index in [2.05, 4.69) is 9.36 Å². The monoisotopic (exact) mass is 322 g/mol. The van der Waals surface area contributed by atoms with E-state index in [0.29, 0.717) is 10.0 Å². The van der Waals surface area contributed by atoms with E-state index in [0.717, 1.165) is 11.4 Å². The van der Waals surface area contributed by atoms with Crippen LogP contribution in [0.15, 0.2) is 30.3 Å². The van der Waals surface area contributed by atoms with Crippen molar-refractivity contribution in [2.24, 2.45) is 0 Å². The first-order valence-electron chi connectivity index (χ1n) is 6.47. The predicted molar refractivity (Wildman–Crippen MR) is 84.3 cm³/mol. The maximum atomic E-state index is 11.6. The molecule has 0 amide bonds. The van der Waals surface area contributed by atoms with E-state index in [4.69, 9.17) is 16.3 Å². The molecule has 1 heterocycles. The zero-order valence-electron chi connectivity index (χ0n) is 11.7. The molecule has 0 spiro atoms. The lowest BCUT2D eigenvalue weighted by atomic mass is 10.2. The molecule has 1 aromatic carbocycles. The lowest BCUT2D eigenvalue weighted by molar-refractivity contribution is -0.138. The fourth-order valence-electron chi connectivity index (χ4n) is 1.48. The van der Waals surface area contributed by atoms with Crippen molar-refractivity contribution in [1.82, 2.24) is 9.36 Å². The molecule has 0 aliphatic rings. The number of rotatable bonds is 5. The quantitative estimate of drug-likeness (QED) is 0.615. The molecule has 4 nitrogen and oxygen atoms in total. The van der Waals surface area contributed by atoms with Crippen LogP contribution in [-0.4, -0.2) is 15.3 Å². The number of esters is 1. The summed E-state index contributed by atoms with van der Waals surface area (Å²) in [5.74, 6) is 0.643. The van der Waals surface area contributed by atoms with Gasteiger partial charge in [-0.2, -0.15) is 4.37 Å². The second-order valence-electron chi connectivity index (χ2n) is 4.69. The van der Waals surface area contributed by atoms with Crippen molar-refractivity contribution in [1.29, 1.82) is 0 Å². The van der Waals surface area contributed by atoms with Crippen LogP contribution < -0.4 is 0 Å². The second-order valence-corrected chi connectivity index (χ2v) is 5.97. The van der Waals surface area contributed by atoms with Crippen molar-refractivity contribution in [2.75, 3.05) is 0 Å². The zero-order chi connectivity index (χ0) is 15.2. The number of nitrogens with zero attached hydrogens (tertiary/aromatic N) is 2. The standard InChI is InChI=1S/C15H15ClN2O2S/c1-10(2)15-17-13(21-18-15)9-20-14(19)8-5-11-3-6-12(16)7-4-11/h3-8,10H,9H2,1-2H3. The Labute approximate surface area is 132 Å². The lowest BCUT2D eigenvalue weighted by Crippen LogP contribution is -2.00. The largest absolute Gasteiger partial charge is 0.455 e. The molecule has 1 aromatic heterocycles. The molecule has 21 heavy (non-hydrogen) atoms. The van der Waals surface area contributed by atoms with Crippen molar-refractivity contribution in [3.63, 3.8) is 0 Å². The van der Waals surface area contributed by atoms with Gasteiger partial charge in [-0.15, -0.1) is 0 Å². The third-order valence-electron chi connectivity index (χ3n) is 2.62. The van der Waals surface area contributed by atoms with Crippen LogP contribution in [0.4, 0.5) is 0 Å². The smallest absolute Gasteiger partial charge is 0.331 e. The van der Waals surface area contributed by atoms with Crippen LogP contribution in [0.1, 0.15) is 36.2 Å². The van der Waals surface area contributed by atoms with Crippen LogP contribution in [0.3, 0.4) is 0 Å². The summed E-state index contributed by atoms with van der Waals surface area (Å²) < 4.78 is 9.33. The van der Waals surface area contributed by atoms with E-state index >= 15 is 0 Å². The zero-order valence-corrected chi connectivity index (χ0v) is 13.3. The molecule has 0 N–H and O–H groups in total. The summed E-state index contributed by atoms with van der Waals surface area (Å²) in [6, 6.07) is 7.18. The summed E-state index contributed by atoms with van der Waals surface area (Å²) in [6.45, 7) is 4.19. The Morgan fingerprint density at radius 2 is 2.10 bits per heavy atom. The molecule has 0 aliphatic carbocycles. The summed E-state index contributed by atoms with van der Waals surface area (Å²) in [7, 11) is 0. The molecule has 0 radical (unpaired) electrons. The van der Waals surface area contributed by atoms with Gasteiger partial charge in [-0.3, -0.25) is 0 Å². The molecular formula is C15H15ClN2O2S. The van der Waals surface area contributed by atoms with Gasteiger partial charge in [0, 0.05) is 17.0 Å². The molecular weight excluding hydrogens is 308 g/mol. The number of carbonyl (C=O) groups excluding carboxylic acids is 1. The lowest BCUT2D eigenvalue weighted by Gasteiger charge is -1.98. The highest BCUT2D eigenvalue weighted by Gasteiger charge is 2.08. The van der Waals surface area contributed by atoms with Gasteiger partial charge in [0.1, 0.15) is 12.4 Å². The molecule has 0 bridgehead atoms. The van der Waals surface area contributed by atoms with E-state index in [9.17, 15) is 4.79 Å². The Balaban J connectivity index is 1.85. The van der Waals surface area contributed by atoms with E-state index < -0.39 is 5.97 Å². The van der Waals surface area contributed by atoms with Gasteiger partial charge in [0.25, 0.3) is 0 Å². The van der Waals surface area contributed by atoms with Gasteiger partial charge in [0.2, 0.25) is 0 Å². The number of halogens is 1. The molecule has 0 aliphatic heterocycles. The fourth-order valence-corrected chi connectivity index (χ4v) is 2.30. The maximum absolute atomic E-state index is 11.6. The van der Waals surface area contributed by atoms with Crippen LogP contribution in [0.2, 0.25) is 5.02 Å². The first-order chi connectivity index (χ1) is 10.0. The van der Waals surface area contributed by atoms with Crippen LogP contribution >= 0.6 is 23.1 Å². The molecule has 0 fully saturated rings. The Morgan fingerprint density at radius 3 is 2.71 bits per heavy atom. The van der Waals surface area contributed by atoms with Gasteiger partial charge in [-0.25, -0.2) is 9.78 Å². The summed E-state index contributed by atoms with van der Waals surface area (Å²) in [5, 5.41) is 1.36. The normalized spacial score (nSPS) is 11.2. The average molecular weight is 323 g/mol. The maximum Gasteiger partial charge on any atom is 0.331 e. The fraction of sp³-hybridized carbons (Fsp3) is 0.267. The summed E-state index contributed by atoms with van der Waals surface area (Å²) in [4.78, 5) is 15.9. The van der Waals surface area contributed by atoms with Crippen LogP contribution in [0.5, 0.6) is 0 Å². The number of hydrogen-bond acceptors (Lipinski definition) is 5. The molecule has 0 saturated heterocycles. The average Bonchev–Trinajstić information content (AvgIpc) is 2.93. The van der Waals surface area contributed by atoms with Crippen LogP contribution in [0.25, 0.3) is 6.08 Å². The molecule has 6 heteroatoms. The number of hydrogen-bond donors (Lipinski definition) is 0. The third-order valence-corrected chi connectivity index (χ3v) is 3.57. The highest BCUT2D eigenvalue weighted by atomic mass is 35.5. The summed E-state index contributed by atoms with van der Waals surface area (Å²) >= 11 is 7.05. The van der Waals surface area contributed by atoms with Gasteiger partial charge < -0.3 is 4.74 Å². The van der Waals surface area contributed by atoms with Crippen molar-refractivity contribution in [3.05, 3.63) is 51.8 Å². The van der Waals surface area contributed by atoms with Crippen molar-refractivity contribution < 1.29 is 9.53 Å².